The Labute approximate surface area is 102 Å². The van der Waals surface area contributed by atoms with Crippen molar-refractivity contribution in [2.24, 2.45) is 0 Å². The lowest BCUT2D eigenvalue weighted by atomic mass is 10.1. The second kappa shape index (κ2) is 5.94. The molecule has 0 spiro atoms. The molecular weight excluding hydrogens is 244 g/mol. The van der Waals surface area contributed by atoms with E-state index < -0.39 is 30.1 Å². The van der Waals surface area contributed by atoms with E-state index >= 15 is 0 Å². The summed E-state index contributed by atoms with van der Waals surface area (Å²) in [6.45, 7) is -0.865. The number of nitro benzene ring substituents is 1. The smallest absolute Gasteiger partial charge is 0.337 e. The van der Waals surface area contributed by atoms with Crippen LogP contribution in [0.1, 0.15) is 10.4 Å². The van der Waals surface area contributed by atoms with Gasteiger partial charge in [-0.05, 0) is 6.07 Å². The second-order valence-electron chi connectivity index (χ2n) is 3.50. The zero-order chi connectivity index (χ0) is 13.7. The van der Waals surface area contributed by atoms with Crippen molar-refractivity contribution in [3.05, 3.63) is 33.9 Å². The van der Waals surface area contributed by atoms with Crippen molar-refractivity contribution in [3.63, 3.8) is 0 Å². The van der Waals surface area contributed by atoms with Crippen LogP contribution in [0.15, 0.2) is 18.2 Å². The average molecular weight is 256 g/mol. The normalized spacial score (nSPS) is 10.4. The number of aliphatic hydroxyl groups is 2. The minimum Gasteiger partial charge on any atom is -0.478 e. The summed E-state index contributed by atoms with van der Waals surface area (Å²) >= 11 is 0. The van der Waals surface area contributed by atoms with Crippen LogP contribution in [0.4, 0.5) is 11.4 Å². The van der Waals surface area contributed by atoms with E-state index in [0.717, 1.165) is 18.2 Å². The van der Waals surface area contributed by atoms with Gasteiger partial charge in [-0.1, -0.05) is 0 Å². The van der Waals surface area contributed by atoms with Crippen molar-refractivity contribution in [2.75, 3.05) is 18.5 Å². The molecule has 1 rings (SSSR count). The standard InChI is InChI=1S/C10H12N2O6/c13-4-6(5-14)11-9-3-7(12(17)18)1-2-8(9)10(15)16/h1-3,6,11,13-14H,4-5H2,(H,15,16). The van der Waals surface area contributed by atoms with Crippen LogP contribution in [0.25, 0.3) is 0 Å². The van der Waals surface area contributed by atoms with Gasteiger partial charge in [-0.2, -0.15) is 0 Å². The Morgan fingerprint density at radius 3 is 2.44 bits per heavy atom. The number of hydrogen-bond donors (Lipinski definition) is 4. The largest absolute Gasteiger partial charge is 0.478 e. The van der Waals surface area contributed by atoms with E-state index in [0.29, 0.717) is 0 Å². The molecule has 98 valence electrons. The predicted octanol–water partition coefficient (Wildman–Crippen LogP) is 0.0581. The highest BCUT2D eigenvalue weighted by Crippen LogP contribution is 2.23. The van der Waals surface area contributed by atoms with Gasteiger partial charge in [0.2, 0.25) is 0 Å². The number of aromatic carboxylic acids is 1. The molecule has 0 aliphatic carbocycles. The lowest BCUT2D eigenvalue weighted by Crippen LogP contribution is -2.28. The van der Waals surface area contributed by atoms with Gasteiger partial charge in [0.25, 0.3) is 5.69 Å². The highest BCUT2D eigenvalue weighted by atomic mass is 16.6. The van der Waals surface area contributed by atoms with Gasteiger partial charge in [0.15, 0.2) is 0 Å². The van der Waals surface area contributed by atoms with Crippen LogP contribution in [-0.4, -0.2) is 45.5 Å². The number of carbonyl (C=O) groups is 1. The van der Waals surface area contributed by atoms with Gasteiger partial charge in [-0.25, -0.2) is 4.79 Å². The molecule has 1 aromatic carbocycles. The van der Waals surface area contributed by atoms with Crippen LogP contribution in [0, 0.1) is 10.1 Å². The van der Waals surface area contributed by atoms with Crippen molar-refractivity contribution in [2.45, 2.75) is 6.04 Å². The Kier molecular flexibility index (Phi) is 4.58. The average Bonchev–Trinajstić information content (AvgIpc) is 2.35. The number of non-ortho nitro benzene ring substituents is 1. The first kappa shape index (κ1) is 13.9. The summed E-state index contributed by atoms with van der Waals surface area (Å²) in [5.74, 6) is -1.26. The molecule has 0 unspecified atom stereocenters. The fourth-order valence-corrected chi connectivity index (χ4v) is 1.32. The Bertz CT molecular complexity index is 458. The minimum atomic E-state index is -1.26. The van der Waals surface area contributed by atoms with Crippen LogP contribution < -0.4 is 5.32 Å². The van der Waals surface area contributed by atoms with Crippen molar-refractivity contribution in [3.8, 4) is 0 Å². The fraction of sp³-hybridized carbons (Fsp3) is 0.300. The molecule has 0 saturated heterocycles. The summed E-state index contributed by atoms with van der Waals surface area (Å²) in [4.78, 5) is 20.9. The molecule has 0 radical (unpaired) electrons. The number of carboxylic acid groups (broad SMARTS) is 1. The molecule has 4 N–H and O–H groups in total. The number of benzene rings is 1. The first-order chi connectivity index (χ1) is 8.49. The molecule has 0 saturated carbocycles. The lowest BCUT2D eigenvalue weighted by molar-refractivity contribution is -0.384. The van der Waals surface area contributed by atoms with Gasteiger partial charge in [0.1, 0.15) is 0 Å². The Morgan fingerprint density at radius 2 is 2.00 bits per heavy atom. The molecule has 8 nitrogen and oxygen atoms in total. The topological polar surface area (TPSA) is 133 Å². The molecule has 0 aliphatic heterocycles. The van der Waals surface area contributed by atoms with Gasteiger partial charge in [0.05, 0.1) is 35.4 Å². The quantitative estimate of drug-likeness (QED) is 0.417. The lowest BCUT2D eigenvalue weighted by Gasteiger charge is -2.16. The number of anilines is 1. The van der Waals surface area contributed by atoms with E-state index in [1.54, 1.807) is 0 Å². The zero-order valence-corrected chi connectivity index (χ0v) is 9.24. The van der Waals surface area contributed by atoms with E-state index in [9.17, 15) is 14.9 Å². The minimum absolute atomic E-state index is 0.0233. The SMILES string of the molecule is O=C(O)c1ccc([N+](=O)[O-])cc1NC(CO)CO. The Hall–Kier alpha value is -2.19. The van der Waals surface area contributed by atoms with E-state index in [2.05, 4.69) is 5.32 Å². The number of nitrogens with one attached hydrogen (secondary N) is 1. The van der Waals surface area contributed by atoms with E-state index in [1.165, 1.54) is 0 Å². The van der Waals surface area contributed by atoms with Crippen molar-refractivity contribution in [1.82, 2.24) is 0 Å². The molecule has 0 bridgehead atoms. The summed E-state index contributed by atoms with van der Waals surface area (Å²) in [5.41, 5.74) is -0.477. The van der Waals surface area contributed by atoms with Gasteiger partial charge >= 0.3 is 5.97 Å². The highest BCUT2D eigenvalue weighted by molar-refractivity contribution is 5.94. The molecule has 0 aromatic heterocycles. The number of nitro groups is 1. The Morgan fingerprint density at radius 1 is 1.39 bits per heavy atom. The number of carboxylic acids is 1. The van der Waals surface area contributed by atoms with Gasteiger partial charge in [-0.3, -0.25) is 10.1 Å². The second-order valence-corrected chi connectivity index (χ2v) is 3.50. The first-order valence-corrected chi connectivity index (χ1v) is 4.99. The highest BCUT2D eigenvalue weighted by Gasteiger charge is 2.17. The maximum atomic E-state index is 10.9. The van der Waals surface area contributed by atoms with Gasteiger partial charge in [0, 0.05) is 12.1 Å². The summed E-state index contributed by atoms with van der Waals surface area (Å²) in [6, 6.07) is 2.42. The number of aliphatic hydroxyl groups excluding tert-OH is 2. The van der Waals surface area contributed by atoms with E-state index in [1.807, 2.05) is 0 Å². The third kappa shape index (κ3) is 3.15. The van der Waals surface area contributed by atoms with E-state index in [4.69, 9.17) is 15.3 Å². The molecular formula is C10H12N2O6. The number of nitrogens with zero attached hydrogens (tertiary/aromatic N) is 1. The van der Waals surface area contributed by atoms with Crippen LogP contribution in [-0.2, 0) is 0 Å². The molecule has 0 aliphatic rings. The van der Waals surface area contributed by atoms with Crippen LogP contribution in [0.3, 0.4) is 0 Å². The maximum absolute atomic E-state index is 10.9. The zero-order valence-electron chi connectivity index (χ0n) is 9.24. The van der Waals surface area contributed by atoms with Crippen molar-refractivity contribution >= 4 is 17.3 Å². The Balaban J connectivity index is 3.14. The van der Waals surface area contributed by atoms with Gasteiger partial charge < -0.3 is 20.6 Å². The van der Waals surface area contributed by atoms with Crippen LogP contribution in [0.2, 0.25) is 0 Å². The maximum Gasteiger partial charge on any atom is 0.337 e. The summed E-state index contributed by atoms with van der Waals surface area (Å²) in [5, 5.41) is 39.8. The van der Waals surface area contributed by atoms with Crippen LogP contribution >= 0.6 is 0 Å². The molecule has 0 amide bonds. The number of rotatable bonds is 6. The van der Waals surface area contributed by atoms with Crippen molar-refractivity contribution in [1.29, 1.82) is 0 Å². The molecule has 8 heteroatoms. The van der Waals surface area contributed by atoms with E-state index in [-0.39, 0.29) is 16.9 Å². The third-order valence-corrected chi connectivity index (χ3v) is 2.24. The molecule has 0 fully saturated rings. The molecule has 1 aromatic rings. The number of hydrogen-bond acceptors (Lipinski definition) is 6. The monoisotopic (exact) mass is 256 g/mol. The van der Waals surface area contributed by atoms with Crippen molar-refractivity contribution < 1.29 is 25.0 Å². The summed E-state index contributed by atoms with van der Waals surface area (Å²) in [7, 11) is 0. The third-order valence-electron chi connectivity index (χ3n) is 2.24. The molecule has 0 atom stereocenters. The summed E-state index contributed by atoms with van der Waals surface area (Å²) < 4.78 is 0. The van der Waals surface area contributed by atoms with Gasteiger partial charge in [-0.15, -0.1) is 0 Å². The predicted molar refractivity (Wildman–Crippen MR) is 61.6 cm³/mol. The van der Waals surface area contributed by atoms with Crippen LogP contribution in [0.5, 0.6) is 0 Å². The molecule has 18 heavy (non-hydrogen) atoms. The summed E-state index contributed by atoms with van der Waals surface area (Å²) in [6.07, 6.45) is 0. The first-order valence-electron chi connectivity index (χ1n) is 4.99. The fourth-order valence-electron chi connectivity index (χ4n) is 1.32. The molecule has 0 heterocycles.